The number of carbonyl (C=O) groups excluding carboxylic acids is 2. The van der Waals surface area contributed by atoms with Crippen molar-refractivity contribution >= 4 is 12.1 Å². The summed E-state index contributed by atoms with van der Waals surface area (Å²) in [5, 5.41) is 11.5. The summed E-state index contributed by atoms with van der Waals surface area (Å²) in [4.78, 5) is 27.0. The first-order valence-electron chi connectivity index (χ1n) is 11.2. The summed E-state index contributed by atoms with van der Waals surface area (Å²) in [6, 6.07) is 6.66. The van der Waals surface area contributed by atoms with Crippen LogP contribution in [0.3, 0.4) is 0 Å². The Labute approximate surface area is 187 Å². The molecule has 178 valence electrons. The van der Waals surface area contributed by atoms with Gasteiger partial charge in [0.05, 0.1) is 0 Å². The molecule has 1 aliphatic heterocycles. The van der Waals surface area contributed by atoms with Crippen molar-refractivity contribution in [3.8, 4) is 0 Å². The highest BCUT2D eigenvalue weighted by Gasteiger charge is 2.54. The quantitative estimate of drug-likeness (QED) is 0.677. The molecule has 0 unspecified atom stereocenters. The Bertz CT molecular complexity index is 828. The van der Waals surface area contributed by atoms with Gasteiger partial charge in [-0.25, -0.2) is 18.4 Å². The number of rotatable bonds is 4. The largest absolute Gasteiger partial charge is 0.460 e. The number of carbonyl (C=O) groups is 2. The molecule has 8 heteroatoms. The zero-order valence-electron chi connectivity index (χ0n) is 19.2. The molecular weight excluding hydrogens is 420 g/mol. The van der Waals surface area contributed by atoms with E-state index in [4.69, 9.17) is 9.47 Å². The number of amides is 1. The Morgan fingerprint density at radius 2 is 1.69 bits per heavy atom. The number of aliphatic hydroxyl groups is 1. The van der Waals surface area contributed by atoms with E-state index in [1.165, 1.54) is 0 Å². The zero-order chi connectivity index (χ0) is 23.7. The SMILES string of the molecule is Cc1ccc([C@@](O)(C(=O)OC2CCN(C(=O)OC(C)(C)C)CC2)[C@@H]2CCC(F)(F)C2)cc1. The van der Waals surface area contributed by atoms with Gasteiger partial charge in [0.2, 0.25) is 5.92 Å². The number of piperidine rings is 1. The molecule has 1 saturated heterocycles. The van der Waals surface area contributed by atoms with Gasteiger partial charge in [0, 0.05) is 44.7 Å². The average Bonchev–Trinajstić information content (AvgIpc) is 3.07. The van der Waals surface area contributed by atoms with E-state index in [0.717, 1.165) is 5.56 Å². The molecule has 2 fully saturated rings. The average molecular weight is 454 g/mol. The van der Waals surface area contributed by atoms with Crippen LogP contribution in [0, 0.1) is 12.8 Å². The summed E-state index contributed by atoms with van der Waals surface area (Å²) in [6.45, 7) is 7.92. The van der Waals surface area contributed by atoms with Crippen molar-refractivity contribution in [2.24, 2.45) is 5.92 Å². The van der Waals surface area contributed by atoms with Crippen LogP contribution in [-0.4, -0.2) is 52.8 Å². The molecule has 0 spiro atoms. The van der Waals surface area contributed by atoms with Gasteiger partial charge in [-0.05, 0) is 39.7 Å². The maximum Gasteiger partial charge on any atom is 0.410 e. The van der Waals surface area contributed by atoms with Crippen molar-refractivity contribution in [1.82, 2.24) is 4.90 Å². The summed E-state index contributed by atoms with van der Waals surface area (Å²) in [5.41, 5.74) is -1.55. The van der Waals surface area contributed by atoms with Crippen molar-refractivity contribution in [3.63, 3.8) is 0 Å². The Morgan fingerprint density at radius 3 is 2.19 bits per heavy atom. The van der Waals surface area contributed by atoms with Gasteiger partial charge in [0.1, 0.15) is 11.7 Å². The smallest absolute Gasteiger partial charge is 0.410 e. The Kier molecular flexibility index (Phi) is 6.84. The lowest BCUT2D eigenvalue weighted by Gasteiger charge is -2.36. The van der Waals surface area contributed by atoms with Gasteiger partial charge in [0.15, 0.2) is 5.60 Å². The third kappa shape index (κ3) is 5.57. The van der Waals surface area contributed by atoms with Crippen LogP contribution in [0.25, 0.3) is 0 Å². The van der Waals surface area contributed by atoms with Gasteiger partial charge in [-0.3, -0.25) is 0 Å². The van der Waals surface area contributed by atoms with Gasteiger partial charge in [-0.2, -0.15) is 0 Å². The number of hydrogen-bond donors (Lipinski definition) is 1. The van der Waals surface area contributed by atoms with Crippen molar-refractivity contribution in [2.75, 3.05) is 13.1 Å². The fraction of sp³-hybridized carbons (Fsp3) is 0.667. The second-order valence-electron chi connectivity index (χ2n) is 10.0. The van der Waals surface area contributed by atoms with E-state index in [2.05, 4.69) is 0 Å². The molecule has 32 heavy (non-hydrogen) atoms. The highest BCUT2D eigenvalue weighted by atomic mass is 19.3. The predicted octanol–water partition coefficient (Wildman–Crippen LogP) is 4.56. The molecule has 1 heterocycles. The summed E-state index contributed by atoms with van der Waals surface area (Å²) < 4.78 is 38.9. The van der Waals surface area contributed by atoms with E-state index in [1.54, 1.807) is 49.9 Å². The maximum absolute atomic E-state index is 14.0. The van der Waals surface area contributed by atoms with Crippen molar-refractivity contribution in [2.45, 2.75) is 83.0 Å². The fourth-order valence-corrected chi connectivity index (χ4v) is 4.36. The summed E-state index contributed by atoms with van der Waals surface area (Å²) >= 11 is 0. The van der Waals surface area contributed by atoms with Gasteiger partial charge < -0.3 is 19.5 Å². The second-order valence-corrected chi connectivity index (χ2v) is 10.0. The van der Waals surface area contributed by atoms with Gasteiger partial charge >= 0.3 is 12.1 Å². The third-order valence-electron chi connectivity index (χ3n) is 6.16. The molecule has 0 radical (unpaired) electrons. The van der Waals surface area contributed by atoms with Crippen molar-refractivity contribution < 1.29 is 33.0 Å². The second kappa shape index (κ2) is 8.96. The van der Waals surface area contributed by atoms with Crippen LogP contribution < -0.4 is 0 Å². The van der Waals surface area contributed by atoms with E-state index in [-0.39, 0.29) is 18.4 Å². The predicted molar refractivity (Wildman–Crippen MR) is 114 cm³/mol. The number of likely N-dealkylation sites (tertiary alicyclic amines) is 1. The van der Waals surface area contributed by atoms with Crippen molar-refractivity contribution in [1.29, 1.82) is 0 Å². The molecule has 0 aromatic heterocycles. The van der Waals surface area contributed by atoms with E-state index >= 15 is 0 Å². The topological polar surface area (TPSA) is 76.1 Å². The minimum absolute atomic E-state index is 0.0313. The molecular formula is C24H33F2NO5. The lowest BCUT2D eigenvalue weighted by atomic mass is 9.79. The van der Waals surface area contributed by atoms with Crippen LogP contribution in [-0.2, 0) is 19.9 Å². The summed E-state index contributed by atoms with van der Waals surface area (Å²) in [5.74, 6) is -4.75. The monoisotopic (exact) mass is 453 g/mol. The van der Waals surface area contributed by atoms with Crippen LogP contribution in [0.15, 0.2) is 24.3 Å². The van der Waals surface area contributed by atoms with Crippen LogP contribution in [0.2, 0.25) is 0 Å². The molecule has 2 atom stereocenters. The van der Waals surface area contributed by atoms with Gasteiger partial charge in [-0.1, -0.05) is 29.8 Å². The van der Waals surface area contributed by atoms with Crippen LogP contribution >= 0.6 is 0 Å². The molecule has 0 bridgehead atoms. The van der Waals surface area contributed by atoms with Crippen LogP contribution in [0.4, 0.5) is 13.6 Å². The number of nitrogens with zero attached hydrogens (tertiary/aromatic N) is 1. The Balaban J connectivity index is 1.70. The van der Waals surface area contributed by atoms with E-state index < -0.39 is 47.6 Å². The van der Waals surface area contributed by atoms with Crippen LogP contribution in [0.5, 0.6) is 0 Å². The Hall–Kier alpha value is -2.22. The fourth-order valence-electron chi connectivity index (χ4n) is 4.36. The first-order chi connectivity index (χ1) is 14.8. The van der Waals surface area contributed by atoms with Gasteiger partial charge in [-0.15, -0.1) is 0 Å². The zero-order valence-corrected chi connectivity index (χ0v) is 19.2. The van der Waals surface area contributed by atoms with Crippen LogP contribution in [0.1, 0.15) is 64.0 Å². The number of hydrogen-bond acceptors (Lipinski definition) is 5. The minimum atomic E-state index is -2.91. The van der Waals surface area contributed by atoms with E-state index in [9.17, 15) is 23.5 Å². The lowest BCUT2D eigenvalue weighted by molar-refractivity contribution is -0.182. The molecule has 6 nitrogen and oxygen atoms in total. The highest BCUT2D eigenvalue weighted by molar-refractivity contribution is 5.82. The standard InChI is InChI=1S/C24H33F2NO5/c1-16-5-7-17(8-6-16)24(30,18-9-12-23(25,26)15-18)20(28)31-19-10-13-27(14-11-19)21(29)32-22(2,3)4/h5-8,18-19,30H,9-15H2,1-4H3/t18-,24+/m1/s1. The maximum atomic E-state index is 14.0. The summed E-state index contributed by atoms with van der Waals surface area (Å²) in [6.07, 6.45) is -1.07. The third-order valence-corrected chi connectivity index (χ3v) is 6.16. The Morgan fingerprint density at radius 1 is 1.09 bits per heavy atom. The first-order valence-corrected chi connectivity index (χ1v) is 11.2. The first kappa shape index (κ1) is 24.4. The number of benzene rings is 1. The molecule has 1 N–H and O–H groups in total. The molecule has 1 aromatic carbocycles. The lowest BCUT2D eigenvalue weighted by Crippen LogP contribution is -2.48. The van der Waals surface area contributed by atoms with Gasteiger partial charge in [0.25, 0.3) is 0 Å². The normalized spacial score (nSPS) is 23.5. The minimum Gasteiger partial charge on any atom is -0.460 e. The molecule has 2 aliphatic rings. The van der Waals surface area contributed by atoms with Crippen molar-refractivity contribution in [3.05, 3.63) is 35.4 Å². The molecule has 1 amide bonds. The number of ether oxygens (including phenoxy) is 2. The summed E-state index contributed by atoms with van der Waals surface area (Å²) in [7, 11) is 0. The number of aryl methyl sites for hydroxylation is 1. The number of esters is 1. The molecule has 3 rings (SSSR count). The molecule has 1 saturated carbocycles. The number of alkyl halides is 2. The highest BCUT2D eigenvalue weighted by Crippen LogP contribution is 2.48. The van der Waals surface area contributed by atoms with E-state index in [1.807, 2.05) is 6.92 Å². The molecule has 1 aromatic rings. The molecule has 1 aliphatic carbocycles. The number of halogens is 2. The van der Waals surface area contributed by atoms with E-state index in [0.29, 0.717) is 25.9 Å².